The number of aliphatic imine (C=N–C) groups is 1. The molecular weight excluding hydrogens is 226 g/mol. The molecule has 4 nitrogen and oxygen atoms in total. The fraction of sp³-hybridized carbons (Fsp3) is 0.182. The second-order valence-corrected chi connectivity index (χ2v) is 3.41. The zero-order chi connectivity index (χ0) is 11.8. The van der Waals surface area contributed by atoms with Crippen LogP contribution in [0.15, 0.2) is 35.8 Å². The molecule has 2 N–H and O–H groups in total. The Kier molecular flexibility index (Phi) is 5.45. The predicted octanol–water partition coefficient (Wildman–Crippen LogP) is 2.54. The molecule has 0 spiro atoms. The monoisotopic (exact) mass is 239 g/mol. The maximum Gasteiger partial charge on any atom is 0.124 e. The van der Waals surface area contributed by atoms with Crippen molar-refractivity contribution >= 4 is 18.3 Å². The minimum absolute atomic E-state index is 0.123. The Morgan fingerprint density at radius 1 is 1.50 bits per heavy atom. The van der Waals surface area contributed by atoms with Gasteiger partial charge in [-0.2, -0.15) is 0 Å². The Labute approximate surface area is 98.5 Å². The molecule has 86 valence electrons. The summed E-state index contributed by atoms with van der Waals surface area (Å²) in [5, 5.41) is 9.52. The standard InChI is InChI=1S/C11H13NO3S/c1-2-5-15-10-3-4-11(13)9(6-10)7-12-8-16-14/h2-4,6-7,13-14H,1,5,8H2. The van der Waals surface area contributed by atoms with Gasteiger partial charge in [-0.3, -0.25) is 4.99 Å². The van der Waals surface area contributed by atoms with Crippen LogP contribution in [0.3, 0.4) is 0 Å². The summed E-state index contributed by atoms with van der Waals surface area (Å²) in [6, 6.07) is 4.87. The number of ether oxygens (including phenoxy) is 1. The molecule has 0 unspecified atom stereocenters. The molecule has 1 aromatic rings. The first kappa shape index (κ1) is 12.6. The Morgan fingerprint density at radius 2 is 2.31 bits per heavy atom. The summed E-state index contributed by atoms with van der Waals surface area (Å²) >= 11 is 0.621. The van der Waals surface area contributed by atoms with Gasteiger partial charge in [0.05, 0.1) is 0 Å². The molecule has 5 heteroatoms. The number of hydrogen-bond acceptors (Lipinski definition) is 5. The van der Waals surface area contributed by atoms with Crippen molar-refractivity contribution < 1.29 is 14.4 Å². The molecule has 0 atom stereocenters. The molecule has 1 rings (SSSR count). The fourth-order valence-electron chi connectivity index (χ4n) is 1.05. The molecule has 0 saturated heterocycles. The average Bonchev–Trinajstić information content (AvgIpc) is 2.30. The van der Waals surface area contributed by atoms with Crippen LogP contribution in [0.2, 0.25) is 0 Å². The van der Waals surface area contributed by atoms with Crippen LogP contribution >= 0.6 is 12.0 Å². The van der Waals surface area contributed by atoms with Crippen LogP contribution in [0.1, 0.15) is 5.56 Å². The lowest BCUT2D eigenvalue weighted by atomic mass is 10.2. The molecule has 0 aliphatic carbocycles. The summed E-state index contributed by atoms with van der Waals surface area (Å²) in [5.74, 6) is 0.991. The molecule has 0 aliphatic rings. The van der Waals surface area contributed by atoms with Crippen molar-refractivity contribution in [3.8, 4) is 11.5 Å². The minimum Gasteiger partial charge on any atom is -0.507 e. The molecule has 16 heavy (non-hydrogen) atoms. The number of hydrogen-bond donors (Lipinski definition) is 2. The smallest absolute Gasteiger partial charge is 0.124 e. The van der Waals surface area contributed by atoms with Gasteiger partial charge in [0.2, 0.25) is 0 Å². The van der Waals surface area contributed by atoms with Crippen LogP contribution in [-0.4, -0.2) is 28.4 Å². The quantitative estimate of drug-likeness (QED) is 0.455. The lowest BCUT2D eigenvalue weighted by Crippen LogP contribution is -1.94. The highest BCUT2D eigenvalue weighted by atomic mass is 32.2. The van der Waals surface area contributed by atoms with Crippen LogP contribution in [-0.2, 0) is 0 Å². The first-order chi connectivity index (χ1) is 7.77. The van der Waals surface area contributed by atoms with E-state index in [9.17, 15) is 5.11 Å². The van der Waals surface area contributed by atoms with Crippen LogP contribution in [0.5, 0.6) is 11.5 Å². The summed E-state index contributed by atoms with van der Waals surface area (Å²) in [5.41, 5.74) is 0.551. The third kappa shape index (κ3) is 3.96. The van der Waals surface area contributed by atoms with Gasteiger partial charge < -0.3 is 14.4 Å². The van der Waals surface area contributed by atoms with Gasteiger partial charge in [-0.25, -0.2) is 0 Å². The molecule has 0 bridgehead atoms. The van der Waals surface area contributed by atoms with E-state index in [4.69, 9.17) is 9.29 Å². The van der Waals surface area contributed by atoms with Gasteiger partial charge in [0, 0.05) is 23.8 Å². The van der Waals surface area contributed by atoms with Crippen LogP contribution in [0.25, 0.3) is 0 Å². The first-order valence-electron chi connectivity index (χ1n) is 4.61. The summed E-state index contributed by atoms with van der Waals surface area (Å²) in [4.78, 5) is 3.89. The van der Waals surface area contributed by atoms with Crippen molar-refractivity contribution in [3.05, 3.63) is 36.4 Å². The number of rotatable bonds is 6. The maximum atomic E-state index is 9.52. The SMILES string of the molecule is C=CCOc1ccc(O)c(C=NCSO)c1. The van der Waals surface area contributed by atoms with E-state index in [1.165, 1.54) is 12.3 Å². The lowest BCUT2D eigenvalue weighted by molar-refractivity contribution is 0.362. The molecule has 0 aromatic heterocycles. The summed E-state index contributed by atoms with van der Waals surface area (Å²) in [6.07, 6.45) is 3.13. The molecule has 0 fully saturated rings. The van der Waals surface area contributed by atoms with Gasteiger partial charge in [-0.15, -0.1) is 0 Å². The highest BCUT2D eigenvalue weighted by Crippen LogP contribution is 2.21. The summed E-state index contributed by atoms with van der Waals surface area (Å²) in [6.45, 7) is 3.96. The largest absolute Gasteiger partial charge is 0.507 e. The number of aromatic hydroxyl groups is 1. The number of nitrogens with zero attached hydrogens (tertiary/aromatic N) is 1. The van der Waals surface area contributed by atoms with Crippen molar-refractivity contribution in [3.63, 3.8) is 0 Å². The third-order valence-electron chi connectivity index (χ3n) is 1.73. The van der Waals surface area contributed by atoms with E-state index < -0.39 is 0 Å². The zero-order valence-electron chi connectivity index (χ0n) is 8.67. The number of phenols is 1. The summed E-state index contributed by atoms with van der Waals surface area (Å²) in [7, 11) is 0. The first-order valence-corrected chi connectivity index (χ1v) is 5.55. The van der Waals surface area contributed by atoms with Crippen molar-refractivity contribution in [1.82, 2.24) is 0 Å². The average molecular weight is 239 g/mol. The van der Waals surface area contributed by atoms with E-state index in [1.54, 1.807) is 18.2 Å². The van der Waals surface area contributed by atoms with Gasteiger partial charge in [-0.1, -0.05) is 12.7 Å². The zero-order valence-corrected chi connectivity index (χ0v) is 9.48. The van der Waals surface area contributed by atoms with Gasteiger partial charge in [-0.05, 0) is 18.2 Å². The Morgan fingerprint density at radius 3 is 3.00 bits per heavy atom. The molecule has 0 radical (unpaired) electrons. The predicted molar refractivity (Wildman–Crippen MR) is 66.5 cm³/mol. The van der Waals surface area contributed by atoms with Crippen LogP contribution in [0, 0.1) is 0 Å². The van der Waals surface area contributed by atoms with Gasteiger partial charge in [0.1, 0.15) is 24.0 Å². The molecule has 0 saturated carbocycles. The molecule has 0 aliphatic heterocycles. The fourth-order valence-corrected chi connectivity index (χ4v) is 1.19. The Bertz CT molecular complexity index is 379. The highest BCUT2D eigenvalue weighted by molar-refractivity contribution is 7.93. The topological polar surface area (TPSA) is 62.0 Å². The highest BCUT2D eigenvalue weighted by Gasteiger charge is 2.00. The molecule has 1 aromatic carbocycles. The maximum absolute atomic E-state index is 9.52. The van der Waals surface area contributed by atoms with E-state index in [0.717, 1.165) is 0 Å². The van der Waals surface area contributed by atoms with E-state index in [0.29, 0.717) is 30.0 Å². The third-order valence-corrected chi connectivity index (χ3v) is 1.99. The normalized spacial score (nSPS) is 10.6. The Hall–Kier alpha value is -1.46. The van der Waals surface area contributed by atoms with Crippen molar-refractivity contribution in [2.24, 2.45) is 4.99 Å². The minimum atomic E-state index is 0.123. The van der Waals surface area contributed by atoms with Crippen LogP contribution < -0.4 is 4.74 Å². The van der Waals surface area contributed by atoms with Gasteiger partial charge >= 0.3 is 0 Å². The number of phenolic OH excluding ortho intramolecular Hbond substituents is 1. The van der Waals surface area contributed by atoms with Crippen molar-refractivity contribution in [2.75, 3.05) is 12.5 Å². The van der Waals surface area contributed by atoms with Crippen molar-refractivity contribution in [2.45, 2.75) is 0 Å². The molecule has 0 amide bonds. The number of benzene rings is 1. The van der Waals surface area contributed by atoms with Gasteiger partial charge in [0.25, 0.3) is 0 Å². The molecule has 0 heterocycles. The van der Waals surface area contributed by atoms with E-state index in [2.05, 4.69) is 11.6 Å². The van der Waals surface area contributed by atoms with E-state index in [-0.39, 0.29) is 11.6 Å². The molecular formula is C11H13NO3S. The Balaban J connectivity index is 2.77. The van der Waals surface area contributed by atoms with Crippen LogP contribution in [0.4, 0.5) is 0 Å². The van der Waals surface area contributed by atoms with E-state index in [1.807, 2.05) is 0 Å². The lowest BCUT2D eigenvalue weighted by Gasteiger charge is -2.05. The van der Waals surface area contributed by atoms with E-state index >= 15 is 0 Å². The van der Waals surface area contributed by atoms with Crippen molar-refractivity contribution in [1.29, 1.82) is 0 Å². The van der Waals surface area contributed by atoms with Gasteiger partial charge in [0.15, 0.2) is 0 Å². The second kappa shape index (κ2) is 6.92. The second-order valence-electron chi connectivity index (χ2n) is 2.89. The summed E-state index contributed by atoms with van der Waals surface area (Å²) < 4.78 is 13.8.